The van der Waals surface area contributed by atoms with Gasteiger partial charge in [0.25, 0.3) is 0 Å². The van der Waals surface area contributed by atoms with Crippen LogP contribution in [-0.2, 0) is 9.59 Å². The van der Waals surface area contributed by atoms with Crippen molar-refractivity contribution >= 4 is 23.0 Å². The van der Waals surface area contributed by atoms with Gasteiger partial charge in [-0.15, -0.1) is 0 Å². The number of allylic oxidation sites excluding steroid dienone is 2. The molecule has 1 N–H and O–H groups in total. The summed E-state index contributed by atoms with van der Waals surface area (Å²) in [6, 6.07) is 9.03. The van der Waals surface area contributed by atoms with Crippen LogP contribution in [0.1, 0.15) is 19.4 Å². The van der Waals surface area contributed by atoms with Gasteiger partial charge >= 0.3 is 5.97 Å². The molecule has 2 rings (SSSR count). The number of rotatable bonds is 2. The summed E-state index contributed by atoms with van der Waals surface area (Å²) in [4.78, 5) is 27.6. The molecule has 1 aliphatic rings. The number of ketones is 1. The second-order valence-corrected chi connectivity index (χ2v) is 4.22. The van der Waals surface area contributed by atoms with Crippen LogP contribution < -0.4 is 0 Å². The Hall–Kier alpha value is -2.23. The normalized spacial score (nSPS) is 19.8. The molecule has 0 amide bonds. The van der Waals surface area contributed by atoms with Crippen molar-refractivity contribution in [1.29, 1.82) is 0 Å². The number of carbonyl (C=O) groups excluding carboxylic acids is 1. The summed E-state index contributed by atoms with van der Waals surface area (Å²) in [5.41, 5.74) is 2.02. The van der Waals surface area contributed by atoms with Crippen LogP contribution in [0.4, 0.5) is 0 Å². The monoisotopic (exact) mass is 243 g/mol. The molecule has 0 radical (unpaired) electrons. The summed E-state index contributed by atoms with van der Waals surface area (Å²) >= 11 is 0. The molecule has 0 aliphatic carbocycles. The molecule has 1 atom stereocenters. The van der Waals surface area contributed by atoms with E-state index in [9.17, 15) is 9.59 Å². The lowest BCUT2D eigenvalue weighted by atomic mass is 9.86. The Bertz CT molecular complexity index is 570. The van der Waals surface area contributed by atoms with E-state index in [-0.39, 0.29) is 0 Å². The minimum absolute atomic E-state index is 0.338. The van der Waals surface area contributed by atoms with Gasteiger partial charge in [0.05, 0.1) is 0 Å². The maximum Gasteiger partial charge on any atom is 0.320 e. The predicted molar refractivity (Wildman–Crippen MR) is 68.3 cm³/mol. The summed E-state index contributed by atoms with van der Waals surface area (Å²) in [6.45, 7) is 3.30. The zero-order chi connectivity index (χ0) is 13.3. The third-order valence-corrected chi connectivity index (χ3v) is 2.94. The topological polar surface area (TPSA) is 66.7 Å². The second kappa shape index (κ2) is 4.56. The molecule has 0 bridgehead atoms. The molecular formula is C14H13NO3. The number of carboxylic acid groups (broad SMARTS) is 1. The number of hydrogen-bond acceptors (Lipinski definition) is 3. The van der Waals surface area contributed by atoms with Gasteiger partial charge in [-0.25, -0.2) is 0 Å². The smallest absolute Gasteiger partial charge is 0.320 e. The fourth-order valence-electron chi connectivity index (χ4n) is 2.14. The molecule has 1 aromatic carbocycles. The summed E-state index contributed by atoms with van der Waals surface area (Å²) < 4.78 is 0. The van der Waals surface area contributed by atoms with Gasteiger partial charge in [0.15, 0.2) is 11.7 Å². The Morgan fingerprint density at radius 3 is 2.39 bits per heavy atom. The molecule has 1 aromatic rings. The molecule has 1 unspecified atom stereocenters. The Labute approximate surface area is 105 Å². The third-order valence-electron chi connectivity index (χ3n) is 2.94. The fourth-order valence-corrected chi connectivity index (χ4v) is 2.14. The van der Waals surface area contributed by atoms with Gasteiger partial charge in [-0.1, -0.05) is 30.3 Å². The number of carbonyl (C=O) groups is 2. The van der Waals surface area contributed by atoms with Crippen molar-refractivity contribution in [2.75, 3.05) is 0 Å². The number of aliphatic carboxylic acids is 1. The zero-order valence-electron chi connectivity index (χ0n) is 10.2. The Morgan fingerprint density at radius 1 is 1.22 bits per heavy atom. The first kappa shape index (κ1) is 12.2. The van der Waals surface area contributed by atoms with Gasteiger partial charge in [0.1, 0.15) is 0 Å². The average Bonchev–Trinajstić information content (AvgIpc) is 2.28. The quantitative estimate of drug-likeness (QED) is 0.809. The van der Waals surface area contributed by atoms with E-state index in [1.54, 1.807) is 26.0 Å². The van der Waals surface area contributed by atoms with Gasteiger partial charge in [0, 0.05) is 17.0 Å². The molecule has 4 heteroatoms. The predicted octanol–water partition coefficient (Wildman–Crippen LogP) is 2.16. The van der Waals surface area contributed by atoms with Crippen molar-refractivity contribution in [3.05, 3.63) is 41.6 Å². The lowest BCUT2D eigenvalue weighted by Crippen LogP contribution is -2.33. The van der Waals surface area contributed by atoms with Crippen LogP contribution in [0.2, 0.25) is 0 Å². The van der Waals surface area contributed by atoms with Gasteiger partial charge < -0.3 is 5.11 Å². The van der Waals surface area contributed by atoms with E-state index < -0.39 is 17.7 Å². The first-order valence-electron chi connectivity index (χ1n) is 5.61. The van der Waals surface area contributed by atoms with Crippen LogP contribution in [0, 0.1) is 5.92 Å². The van der Waals surface area contributed by atoms with Gasteiger partial charge in [-0.3, -0.25) is 14.6 Å². The highest BCUT2D eigenvalue weighted by Gasteiger charge is 2.35. The summed E-state index contributed by atoms with van der Waals surface area (Å²) in [5.74, 6) is -2.70. The molecule has 0 saturated heterocycles. The molecular weight excluding hydrogens is 230 g/mol. The lowest BCUT2D eigenvalue weighted by molar-refractivity contribution is -0.142. The third kappa shape index (κ3) is 1.97. The number of nitrogens with zero attached hydrogens (tertiary/aromatic N) is 1. The minimum Gasteiger partial charge on any atom is -0.480 e. The molecule has 0 fully saturated rings. The summed E-state index contributed by atoms with van der Waals surface area (Å²) in [5, 5.41) is 9.11. The van der Waals surface area contributed by atoms with Crippen molar-refractivity contribution in [3.8, 4) is 0 Å². The molecule has 4 nitrogen and oxygen atoms in total. The van der Waals surface area contributed by atoms with Crippen molar-refractivity contribution in [2.45, 2.75) is 13.8 Å². The number of benzene rings is 1. The molecule has 92 valence electrons. The molecule has 1 aliphatic heterocycles. The van der Waals surface area contributed by atoms with E-state index >= 15 is 0 Å². The van der Waals surface area contributed by atoms with Crippen LogP contribution in [-0.4, -0.2) is 22.6 Å². The molecule has 18 heavy (non-hydrogen) atoms. The zero-order valence-corrected chi connectivity index (χ0v) is 10.2. The molecule has 0 spiro atoms. The SMILES string of the molecule is CC1=NC(C)=C(c2ccccc2)C(=O)C1C(=O)O. The summed E-state index contributed by atoms with van der Waals surface area (Å²) in [7, 11) is 0. The summed E-state index contributed by atoms with van der Waals surface area (Å²) in [6.07, 6.45) is 0. The van der Waals surface area contributed by atoms with Gasteiger partial charge in [-0.2, -0.15) is 0 Å². The van der Waals surface area contributed by atoms with Crippen LogP contribution in [0.5, 0.6) is 0 Å². The van der Waals surface area contributed by atoms with Gasteiger partial charge in [-0.05, 0) is 19.4 Å². The Balaban J connectivity index is 2.56. The highest BCUT2D eigenvalue weighted by atomic mass is 16.4. The average molecular weight is 243 g/mol. The first-order valence-corrected chi connectivity index (χ1v) is 5.61. The minimum atomic E-state index is -1.16. The van der Waals surface area contributed by atoms with Crippen molar-refractivity contribution < 1.29 is 14.7 Å². The molecule has 0 saturated carbocycles. The van der Waals surface area contributed by atoms with Crippen molar-refractivity contribution in [3.63, 3.8) is 0 Å². The van der Waals surface area contributed by atoms with Crippen molar-refractivity contribution in [2.24, 2.45) is 10.9 Å². The molecule has 0 aromatic heterocycles. The largest absolute Gasteiger partial charge is 0.480 e. The second-order valence-electron chi connectivity index (χ2n) is 4.22. The number of Topliss-reactive ketones (excluding diaryl/α,β-unsaturated/α-hetero) is 1. The van der Waals surface area contributed by atoms with Crippen LogP contribution in [0.3, 0.4) is 0 Å². The number of hydrogen-bond donors (Lipinski definition) is 1. The standard InChI is InChI=1S/C14H13NO3/c1-8-11(10-6-4-3-5-7-10)13(16)12(14(17)18)9(2)15-8/h3-7,12H,1-2H3,(H,17,18). The van der Waals surface area contributed by atoms with Gasteiger partial charge in [0.2, 0.25) is 0 Å². The first-order chi connectivity index (χ1) is 8.52. The number of aliphatic imine (C=N–C) groups is 1. The van der Waals surface area contributed by atoms with E-state index in [2.05, 4.69) is 4.99 Å². The van der Waals surface area contributed by atoms with Crippen molar-refractivity contribution in [1.82, 2.24) is 0 Å². The van der Waals surface area contributed by atoms with Crippen LogP contribution >= 0.6 is 0 Å². The molecule has 1 heterocycles. The Morgan fingerprint density at radius 2 is 1.83 bits per heavy atom. The van der Waals surface area contributed by atoms with Crippen LogP contribution in [0.25, 0.3) is 5.57 Å². The maximum atomic E-state index is 12.3. The van der Waals surface area contributed by atoms with Crippen LogP contribution in [0.15, 0.2) is 41.0 Å². The van der Waals surface area contributed by atoms with E-state index in [0.29, 0.717) is 22.5 Å². The number of carboxylic acids is 1. The van der Waals surface area contributed by atoms with E-state index in [4.69, 9.17) is 5.11 Å². The van der Waals surface area contributed by atoms with E-state index in [0.717, 1.165) is 0 Å². The Kier molecular flexibility index (Phi) is 3.10. The highest BCUT2D eigenvalue weighted by Crippen LogP contribution is 2.28. The maximum absolute atomic E-state index is 12.3. The van der Waals surface area contributed by atoms with E-state index in [1.165, 1.54) is 0 Å². The highest BCUT2D eigenvalue weighted by molar-refractivity contribution is 6.36. The lowest BCUT2D eigenvalue weighted by Gasteiger charge is -2.20. The fraction of sp³-hybridized carbons (Fsp3) is 0.214. The van der Waals surface area contributed by atoms with E-state index in [1.807, 2.05) is 18.2 Å².